The predicted octanol–water partition coefficient (Wildman–Crippen LogP) is 3.63. The topological polar surface area (TPSA) is 129 Å². The quantitative estimate of drug-likeness (QED) is 0.354. The number of aliphatic hydroxyl groups excluding tert-OH is 2. The molecule has 9 nitrogen and oxygen atoms in total. The number of aliphatic hydroxyl groups is 2. The van der Waals surface area contributed by atoms with E-state index in [2.05, 4.69) is 19.2 Å². The molecule has 2 amide bonds. The fourth-order valence-electron chi connectivity index (χ4n) is 8.33. The number of carbonyl (C=O) groups excluding carboxylic acids is 2. The van der Waals surface area contributed by atoms with Gasteiger partial charge >= 0.3 is 5.63 Å². The Balaban J connectivity index is 1.33. The molecule has 0 radical (unpaired) electrons. The highest BCUT2D eigenvalue weighted by Gasteiger charge is 2.56. The Hall–Kier alpha value is -3.95. The molecule has 3 aromatic rings. The van der Waals surface area contributed by atoms with Crippen molar-refractivity contribution in [3.8, 4) is 5.75 Å². The molecule has 4 aliphatic carbocycles. The number of carbonyl (C=O) groups is 2. The largest absolute Gasteiger partial charge is 0.486 e. The Labute approximate surface area is 255 Å². The van der Waals surface area contributed by atoms with Crippen LogP contribution >= 0.6 is 0 Å². The fraction of sp³-hybridized carbons (Fsp3) is 0.457. The van der Waals surface area contributed by atoms with E-state index < -0.39 is 41.6 Å². The Morgan fingerprint density at radius 1 is 1.09 bits per heavy atom. The van der Waals surface area contributed by atoms with E-state index in [0.717, 1.165) is 24.8 Å². The second-order valence-electron chi connectivity index (χ2n) is 13.3. The first-order valence-corrected chi connectivity index (χ1v) is 15.6. The van der Waals surface area contributed by atoms with E-state index in [-0.39, 0.29) is 30.0 Å². The molecular weight excluding hydrogens is 560 g/mol. The lowest BCUT2D eigenvalue weighted by molar-refractivity contribution is -0.119. The van der Waals surface area contributed by atoms with Crippen molar-refractivity contribution in [2.24, 2.45) is 23.2 Å². The summed E-state index contributed by atoms with van der Waals surface area (Å²) in [5, 5.41) is 24.7. The fourth-order valence-corrected chi connectivity index (χ4v) is 8.33. The molecule has 3 N–H and O–H groups in total. The van der Waals surface area contributed by atoms with Gasteiger partial charge in [0.05, 0.1) is 18.6 Å². The van der Waals surface area contributed by atoms with Crippen molar-refractivity contribution in [3.05, 3.63) is 87.8 Å². The number of para-hydroxylation sites is 2. The Bertz CT molecular complexity index is 1710. The van der Waals surface area contributed by atoms with E-state index in [4.69, 9.17) is 9.15 Å². The number of hydrogen-bond donors (Lipinski definition) is 3. The van der Waals surface area contributed by atoms with Crippen LogP contribution < -0.4 is 15.7 Å². The van der Waals surface area contributed by atoms with Crippen LogP contribution in [-0.4, -0.2) is 64.9 Å². The lowest BCUT2D eigenvalue weighted by atomic mass is 9.45. The summed E-state index contributed by atoms with van der Waals surface area (Å²) in [5.74, 6) is 0.302. The summed E-state index contributed by atoms with van der Waals surface area (Å²) in [4.78, 5) is 42.9. The average Bonchev–Trinajstić information content (AvgIpc) is 3.42. The van der Waals surface area contributed by atoms with E-state index in [0.29, 0.717) is 40.7 Å². The van der Waals surface area contributed by atoms with Crippen LogP contribution in [0, 0.1) is 23.2 Å². The van der Waals surface area contributed by atoms with Crippen LogP contribution in [0.2, 0.25) is 0 Å². The molecule has 230 valence electrons. The number of fused-ring (bicyclic) bond motifs is 6. The van der Waals surface area contributed by atoms with Gasteiger partial charge in [0.15, 0.2) is 0 Å². The first kappa shape index (κ1) is 28.8. The third-order valence-corrected chi connectivity index (χ3v) is 10.8. The zero-order valence-electron chi connectivity index (χ0n) is 24.9. The summed E-state index contributed by atoms with van der Waals surface area (Å²) in [6.45, 7) is 4.73. The highest BCUT2D eigenvalue weighted by atomic mass is 16.5. The van der Waals surface area contributed by atoms with Crippen molar-refractivity contribution in [1.82, 2.24) is 10.2 Å². The normalized spacial score (nSPS) is 29.5. The van der Waals surface area contributed by atoms with Crippen LogP contribution in [0.15, 0.2) is 75.5 Å². The molecule has 2 bridgehead atoms. The van der Waals surface area contributed by atoms with Crippen LogP contribution in [0.4, 0.5) is 0 Å². The molecule has 8 rings (SSSR count). The second-order valence-corrected chi connectivity index (χ2v) is 13.3. The van der Waals surface area contributed by atoms with Gasteiger partial charge in [-0.25, -0.2) is 4.79 Å². The van der Waals surface area contributed by atoms with Gasteiger partial charge in [-0.05, 0) is 66.7 Å². The van der Waals surface area contributed by atoms with E-state index >= 15 is 0 Å². The van der Waals surface area contributed by atoms with Gasteiger partial charge in [0.2, 0.25) is 5.91 Å². The molecule has 44 heavy (non-hydrogen) atoms. The smallest absolute Gasteiger partial charge is 0.349 e. The molecule has 0 saturated heterocycles. The van der Waals surface area contributed by atoms with Crippen molar-refractivity contribution in [3.63, 3.8) is 0 Å². The first-order valence-electron chi connectivity index (χ1n) is 15.6. The second kappa shape index (κ2) is 10.9. The molecule has 7 unspecified atom stereocenters. The number of nitrogens with zero attached hydrogens (tertiary/aromatic N) is 1. The minimum absolute atomic E-state index is 0.0596. The number of ether oxygens (including phenoxy) is 1. The van der Waals surface area contributed by atoms with E-state index in [1.165, 1.54) is 0 Å². The molecule has 3 saturated carbocycles. The molecule has 9 heteroatoms. The van der Waals surface area contributed by atoms with Crippen molar-refractivity contribution in [2.45, 2.75) is 57.3 Å². The van der Waals surface area contributed by atoms with Crippen molar-refractivity contribution in [1.29, 1.82) is 0 Å². The summed E-state index contributed by atoms with van der Waals surface area (Å²) in [7, 11) is 0. The van der Waals surface area contributed by atoms with Crippen molar-refractivity contribution in [2.75, 3.05) is 19.7 Å². The Morgan fingerprint density at radius 3 is 2.64 bits per heavy atom. The van der Waals surface area contributed by atoms with Gasteiger partial charge < -0.3 is 29.6 Å². The van der Waals surface area contributed by atoms with Gasteiger partial charge in [-0.3, -0.25) is 9.59 Å². The molecular formula is C35H38N2O7. The number of nitrogens with one attached hydrogen (secondary N) is 1. The maximum absolute atomic E-state index is 14.5. The SMILES string of the molecule is CC1(C)C2CCC(CN(C(=O)c3cc4ccccc4oc3=O)C3C=C(C(=O)NCCO)C4c5ccccc5OC4C3O)C1C2. The van der Waals surface area contributed by atoms with Gasteiger partial charge in [0.25, 0.3) is 5.91 Å². The number of amides is 2. The molecule has 2 aromatic carbocycles. The van der Waals surface area contributed by atoms with Crippen LogP contribution in [0.3, 0.4) is 0 Å². The zero-order chi connectivity index (χ0) is 30.7. The van der Waals surface area contributed by atoms with Gasteiger partial charge in [0.1, 0.15) is 29.1 Å². The molecule has 1 aliphatic heterocycles. The third-order valence-electron chi connectivity index (χ3n) is 10.8. The summed E-state index contributed by atoms with van der Waals surface area (Å²) in [6.07, 6.45) is 2.77. The van der Waals surface area contributed by atoms with Crippen LogP contribution in [0.5, 0.6) is 5.75 Å². The summed E-state index contributed by atoms with van der Waals surface area (Å²) in [6, 6.07) is 15.0. The van der Waals surface area contributed by atoms with E-state index in [1.54, 1.807) is 41.3 Å². The highest BCUT2D eigenvalue weighted by Crippen LogP contribution is 2.61. The maximum atomic E-state index is 14.5. The lowest BCUT2D eigenvalue weighted by Gasteiger charge is -2.61. The number of hydrogen-bond acceptors (Lipinski definition) is 7. The van der Waals surface area contributed by atoms with Crippen LogP contribution in [-0.2, 0) is 4.79 Å². The Kier molecular flexibility index (Phi) is 7.13. The molecule has 1 aromatic heterocycles. The molecule has 0 spiro atoms. The Morgan fingerprint density at radius 2 is 1.86 bits per heavy atom. The van der Waals surface area contributed by atoms with Crippen molar-refractivity contribution >= 4 is 22.8 Å². The molecule has 2 heterocycles. The van der Waals surface area contributed by atoms with E-state index in [9.17, 15) is 24.6 Å². The van der Waals surface area contributed by atoms with Crippen LogP contribution in [0.25, 0.3) is 11.0 Å². The minimum atomic E-state index is -1.18. The zero-order valence-corrected chi connectivity index (χ0v) is 24.9. The number of rotatable bonds is 7. The van der Waals surface area contributed by atoms with E-state index in [1.807, 2.05) is 24.3 Å². The third kappa shape index (κ3) is 4.56. The summed E-state index contributed by atoms with van der Waals surface area (Å²) in [5.41, 5.74) is 0.814. The average molecular weight is 599 g/mol. The molecule has 3 fully saturated rings. The lowest BCUT2D eigenvalue weighted by Crippen LogP contribution is -2.60. The van der Waals surface area contributed by atoms with Crippen LogP contribution in [0.1, 0.15) is 54.9 Å². The van der Waals surface area contributed by atoms with Gasteiger partial charge in [-0.15, -0.1) is 0 Å². The summed E-state index contributed by atoms with van der Waals surface area (Å²) < 4.78 is 11.8. The maximum Gasteiger partial charge on any atom is 0.349 e. The van der Waals surface area contributed by atoms with Gasteiger partial charge in [-0.2, -0.15) is 0 Å². The van der Waals surface area contributed by atoms with Gasteiger partial charge in [0, 0.05) is 29.6 Å². The predicted molar refractivity (Wildman–Crippen MR) is 163 cm³/mol. The molecule has 7 atom stereocenters. The highest BCUT2D eigenvalue weighted by molar-refractivity contribution is 5.98. The standard InChI is InChI=1S/C35H38N2O7/c1-35(2)21-12-11-20(25(35)16-21)18-37(33(41)24-15-19-7-3-5-9-27(19)44-34(24)42)26-17-23(32(40)36-13-14-38)29-22-8-4-6-10-28(22)43-31(29)30(26)39/h3-10,15,17,20-21,25-26,29-31,38-39H,11-14,16,18H2,1-2H3,(H,36,40). The van der Waals surface area contributed by atoms with Gasteiger partial charge in [-0.1, -0.05) is 50.2 Å². The summed E-state index contributed by atoms with van der Waals surface area (Å²) >= 11 is 0. The number of benzene rings is 2. The minimum Gasteiger partial charge on any atom is -0.486 e. The molecule has 5 aliphatic rings. The first-order chi connectivity index (χ1) is 21.2. The van der Waals surface area contributed by atoms with Crippen molar-refractivity contribution < 1.29 is 29.0 Å². The monoisotopic (exact) mass is 598 g/mol.